The highest BCUT2D eigenvalue weighted by molar-refractivity contribution is 5.81. The molecule has 3 fully saturated rings. The maximum Gasteiger partial charge on any atom is 0.137 e. The van der Waals surface area contributed by atoms with Crippen molar-refractivity contribution in [3.05, 3.63) is 0 Å². The Hall–Kier alpha value is -0.490. The van der Waals surface area contributed by atoms with Gasteiger partial charge in [-0.2, -0.15) is 0 Å². The molecule has 3 rings (SSSR count). The van der Waals surface area contributed by atoms with E-state index in [4.69, 9.17) is 0 Å². The molecule has 2 saturated heterocycles. The van der Waals surface area contributed by atoms with Crippen LogP contribution in [-0.2, 0) is 4.79 Å². The van der Waals surface area contributed by atoms with Crippen molar-refractivity contribution in [2.75, 3.05) is 6.54 Å². The minimum Gasteiger partial charge on any atom is -0.391 e. The van der Waals surface area contributed by atoms with Gasteiger partial charge in [-0.15, -0.1) is 0 Å². The van der Waals surface area contributed by atoms with Crippen molar-refractivity contribution >= 4 is 5.78 Å². The van der Waals surface area contributed by atoms with Crippen LogP contribution in [0.2, 0.25) is 0 Å². The number of carbonyl (C=O) groups excluding carboxylic acids is 1. The zero-order chi connectivity index (χ0) is 15.0. The lowest BCUT2D eigenvalue weighted by Gasteiger charge is -2.41. The summed E-state index contributed by atoms with van der Waals surface area (Å²) in [6.45, 7) is 0.367. The molecule has 1 aliphatic carbocycles. The molecule has 0 radical (unpaired) electrons. The van der Waals surface area contributed by atoms with Crippen LogP contribution in [0.3, 0.4) is 0 Å². The largest absolute Gasteiger partial charge is 0.391 e. The van der Waals surface area contributed by atoms with Crippen LogP contribution in [0.1, 0.15) is 51.4 Å². The predicted octanol–water partition coefficient (Wildman–Crippen LogP) is 0.455. The smallest absolute Gasteiger partial charge is 0.137 e. The van der Waals surface area contributed by atoms with Crippen LogP contribution in [0, 0.1) is 5.92 Å². The highest BCUT2D eigenvalue weighted by Gasteiger charge is 2.49. The average molecular weight is 297 g/mol. The summed E-state index contributed by atoms with van der Waals surface area (Å²) in [7, 11) is 0. The molecule has 0 amide bonds. The number of nitrogens with zero attached hydrogens (tertiary/aromatic N) is 1. The van der Waals surface area contributed by atoms with Gasteiger partial charge in [0.25, 0.3) is 0 Å². The van der Waals surface area contributed by atoms with Crippen LogP contribution in [0.5, 0.6) is 0 Å². The van der Waals surface area contributed by atoms with Crippen molar-refractivity contribution < 1.29 is 20.1 Å². The van der Waals surface area contributed by atoms with Gasteiger partial charge in [0, 0.05) is 24.9 Å². The number of aliphatic hydroxyl groups excluding tert-OH is 3. The molecular formula is C16H27NO4. The number of rotatable bonds is 3. The Balaban J connectivity index is 1.64. The molecule has 5 heteroatoms. The Morgan fingerprint density at radius 3 is 2.38 bits per heavy atom. The van der Waals surface area contributed by atoms with Crippen molar-refractivity contribution in [1.29, 1.82) is 0 Å². The number of aliphatic hydroxyl groups is 3. The first kappa shape index (κ1) is 15.4. The second-order valence-corrected chi connectivity index (χ2v) is 7.05. The fourth-order valence-electron chi connectivity index (χ4n) is 4.45. The van der Waals surface area contributed by atoms with Crippen molar-refractivity contribution in [2.45, 2.75) is 81.8 Å². The normalized spacial score (nSPS) is 42.0. The minimum atomic E-state index is -0.896. The average Bonchev–Trinajstić information content (AvgIpc) is 2.80. The van der Waals surface area contributed by atoms with Gasteiger partial charge in [-0.05, 0) is 25.7 Å². The Kier molecular flexibility index (Phi) is 4.64. The molecule has 2 aliphatic heterocycles. The first-order chi connectivity index (χ1) is 10.1. The molecule has 0 spiro atoms. The summed E-state index contributed by atoms with van der Waals surface area (Å²) in [6, 6.07) is -0.336. The number of carbonyl (C=O) groups is 1. The topological polar surface area (TPSA) is 81.0 Å². The second-order valence-electron chi connectivity index (χ2n) is 7.05. The molecule has 1 saturated carbocycles. The molecule has 5 nitrogen and oxygen atoms in total. The van der Waals surface area contributed by atoms with Gasteiger partial charge in [-0.25, -0.2) is 0 Å². The Labute approximate surface area is 125 Å². The highest BCUT2D eigenvalue weighted by atomic mass is 16.3. The molecule has 120 valence electrons. The fraction of sp³-hybridized carbons (Fsp3) is 0.938. The number of hydrogen-bond donors (Lipinski definition) is 3. The van der Waals surface area contributed by atoms with E-state index < -0.39 is 24.4 Å². The number of hydrogen-bond acceptors (Lipinski definition) is 5. The first-order valence-electron chi connectivity index (χ1n) is 8.40. The summed E-state index contributed by atoms with van der Waals surface area (Å²) >= 11 is 0. The summed E-state index contributed by atoms with van der Waals surface area (Å²) in [5.74, 6) is 0.548. The van der Waals surface area contributed by atoms with Crippen LogP contribution < -0.4 is 0 Å². The molecule has 2 heterocycles. The van der Waals surface area contributed by atoms with Crippen LogP contribution >= 0.6 is 0 Å². The van der Waals surface area contributed by atoms with E-state index in [-0.39, 0.29) is 12.0 Å². The van der Waals surface area contributed by atoms with Gasteiger partial charge in [0.15, 0.2) is 0 Å². The molecule has 0 aromatic rings. The Bertz CT molecular complexity index is 382. The summed E-state index contributed by atoms with van der Waals surface area (Å²) in [5, 5.41) is 30.0. The van der Waals surface area contributed by atoms with E-state index in [1.54, 1.807) is 0 Å². The molecule has 0 aromatic carbocycles. The van der Waals surface area contributed by atoms with E-state index in [1.165, 1.54) is 6.42 Å². The zero-order valence-electron chi connectivity index (χ0n) is 12.5. The molecule has 0 bridgehead atoms. The van der Waals surface area contributed by atoms with Gasteiger partial charge in [-0.3, -0.25) is 9.69 Å². The third kappa shape index (κ3) is 3.02. The molecule has 5 atom stereocenters. The van der Waals surface area contributed by atoms with Crippen LogP contribution in [-0.4, -0.2) is 62.9 Å². The number of Topliss-reactive ketones (excluding diaryl/α,β-unsaturated/α-hetero) is 1. The van der Waals surface area contributed by atoms with E-state index in [1.807, 2.05) is 4.90 Å². The van der Waals surface area contributed by atoms with E-state index in [0.29, 0.717) is 25.2 Å². The van der Waals surface area contributed by atoms with Gasteiger partial charge in [-0.1, -0.05) is 19.3 Å². The maximum absolute atomic E-state index is 12.5. The van der Waals surface area contributed by atoms with Crippen molar-refractivity contribution in [3.8, 4) is 0 Å². The first-order valence-corrected chi connectivity index (χ1v) is 8.40. The summed E-state index contributed by atoms with van der Waals surface area (Å²) in [6.07, 6.45) is 5.17. The monoisotopic (exact) mass is 297 g/mol. The quantitative estimate of drug-likeness (QED) is 0.705. The lowest BCUT2D eigenvalue weighted by molar-refractivity contribution is -0.126. The van der Waals surface area contributed by atoms with Crippen molar-refractivity contribution in [2.24, 2.45) is 5.92 Å². The van der Waals surface area contributed by atoms with Crippen LogP contribution in [0.15, 0.2) is 0 Å². The zero-order valence-corrected chi connectivity index (χ0v) is 12.5. The van der Waals surface area contributed by atoms with Crippen molar-refractivity contribution in [3.63, 3.8) is 0 Å². The van der Waals surface area contributed by atoms with Gasteiger partial charge in [0.1, 0.15) is 5.78 Å². The van der Waals surface area contributed by atoms with Crippen molar-refractivity contribution in [1.82, 2.24) is 4.90 Å². The maximum atomic E-state index is 12.5. The van der Waals surface area contributed by atoms with E-state index in [2.05, 4.69) is 0 Å². The Morgan fingerprint density at radius 1 is 0.952 bits per heavy atom. The molecular weight excluding hydrogens is 270 g/mol. The third-order valence-corrected chi connectivity index (χ3v) is 5.68. The summed E-state index contributed by atoms with van der Waals surface area (Å²) < 4.78 is 0. The van der Waals surface area contributed by atoms with Gasteiger partial charge >= 0.3 is 0 Å². The van der Waals surface area contributed by atoms with Gasteiger partial charge < -0.3 is 15.3 Å². The minimum absolute atomic E-state index is 0.0691. The highest BCUT2D eigenvalue weighted by Crippen LogP contribution is 2.35. The molecule has 0 unspecified atom stereocenters. The molecule has 3 N–H and O–H groups in total. The number of ketones is 1. The lowest BCUT2D eigenvalue weighted by atomic mass is 9.82. The summed E-state index contributed by atoms with van der Waals surface area (Å²) in [4.78, 5) is 14.5. The SMILES string of the molecule is O=C(C[C@H]1CC[C@@H](O)[C@@H]2[C@H](O)[C@H](O)CN12)C1CCCCC1. The second kappa shape index (κ2) is 6.32. The fourth-order valence-corrected chi connectivity index (χ4v) is 4.45. The van der Waals surface area contributed by atoms with Gasteiger partial charge in [0.2, 0.25) is 0 Å². The summed E-state index contributed by atoms with van der Waals surface area (Å²) in [5.41, 5.74) is 0. The van der Waals surface area contributed by atoms with E-state index in [9.17, 15) is 20.1 Å². The standard InChI is InChI=1S/C16H27NO4/c18-12-7-6-11(17-9-14(20)16(21)15(12)17)8-13(19)10-4-2-1-3-5-10/h10-12,14-16,18,20-21H,1-9H2/t11-,12-,14-,15-,16-/m1/s1. The predicted molar refractivity (Wildman–Crippen MR) is 77.7 cm³/mol. The van der Waals surface area contributed by atoms with E-state index in [0.717, 1.165) is 32.1 Å². The van der Waals surface area contributed by atoms with E-state index >= 15 is 0 Å². The Morgan fingerprint density at radius 2 is 1.67 bits per heavy atom. The van der Waals surface area contributed by atoms with Gasteiger partial charge in [0.05, 0.1) is 24.4 Å². The third-order valence-electron chi connectivity index (χ3n) is 5.68. The number of fused-ring (bicyclic) bond motifs is 1. The molecule has 0 aromatic heterocycles. The lowest BCUT2D eigenvalue weighted by Crippen LogP contribution is -2.54. The molecule has 3 aliphatic rings. The van der Waals surface area contributed by atoms with Crippen LogP contribution in [0.25, 0.3) is 0 Å². The van der Waals surface area contributed by atoms with Crippen LogP contribution in [0.4, 0.5) is 0 Å². The number of piperidine rings is 1. The molecule has 21 heavy (non-hydrogen) atoms.